The van der Waals surface area contributed by atoms with E-state index in [0.29, 0.717) is 5.56 Å². The molecule has 1 aromatic rings. The van der Waals surface area contributed by atoms with Crippen molar-refractivity contribution in [3.63, 3.8) is 0 Å². The third-order valence-corrected chi connectivity index (χ3v) is 5.44. The van der Waals surface area contributed by atoms with Gasteiger partial charge in [0.1, 0.15) is 0 Å². The first-order valence-corrected chi connectivity index (χ1v) is 8.99. The number of amides is 1. The highest BCUT2D eigenvalue weighted by Gasteiger charge is 2.36. The molecule has 0 saturated heterocycles. The molecular formula is C16H26N2O4S. The molecule has 130 valence electrons. The van der Waals surface area contributed by atoms with Gasteiger partial charge in [0.25, 0.3) is 5.91 Å². The van der Waals surface area contributed by atoms with Crippen LogP contribution in [0.25, 0.3) is 0 Å². The summed E-state index contributed by atoms with van der Waals surface area (Å²) in [6.45, 7) is 8.19. The van der Waals surface area contributed by atoms with E-state index in [0.717, 1.165) is 0 Å². The highest BCUT2D eigenvalue weighted by Crippen LogP contribution is 2.23. The summed E-state index contributed by atoms with van der Waals surface area (Å²) in [5.41, 5.74) is 0.520. The van der Waals surface area contributed by atoms with Gasteiger partial charge in [-0.05, 0) is 40.2 Å². The minimum absolute atomic E-state index is 0.159. The molecule has 7 heteroatoms. The van der Waals surface area contributed by atoms with Crippen LogP contribution in [-0.2, 0) is 14.8 Å². The van der Waals surface area contributed by atoms with E-state index in [2.05, 4.69) is 10.0 Å². The summed E-state index contributed by atoms with van der Waals surface area (Å²) < 4.78 is 26.3. The maximum atomic E-state index is 12.4. The second-order valence-corrected chi connectivity index (χ2v) is 9.20. The Morgan fingerprint density at radius 1 is 1.13 bits per heavy atom. The molecule has 1 aromatic carbocycles. The molecule has 0 bridgehead atoms. The van der Waals surface area contributed by atoms with Gasteiger partial charge in [0.15, 0.2) is 6.10 Å². The van der Waals surface area contributed by atoms with Gasteiger partial charge < -0.3 is 10.4 Å². The second-order valence-electron chi connectivity index (χ2n) is 6.73. The normalized spacial score (nSPS) is 15.3. The van der Waals surface area contributed by atoms with E-state index >= 15 is 0 Å². The number of aliphatic hydroxyl groups excluding tert-OH is 1. The summed E-state index contributed by atoms with van der Waals surface area (Å²) in [6.07, 6.45) is -1.53. The molecule has 23 heavy (non-hydrogen) atoms. The molecule has 1 rings (SSSR count). The molecule has 0 aromatic heterocycles. The quantitative estimate of drug-likeness (QED) is 0.727. The van der Waals surface area contributed by atoms with Crippen LogP contribution < -0.4 is 10.0 Å². The number of nitrogens with one attached hydrogen (secondary N) is 2. The molecule has 0 aliphatic carbocycles. The summed E-state index contributed by atoms with van der Waals surface area (Å²) in [5, 5.41) is 13.0. The molecule has 0 aliphatic heterocycles. The summed E-state index contributed by atoms with van der Waals surface area (Å²) in [5.74, 6) is -0.620. The maximum Gasteiger partial charge on any atom is 0.251 e. The molecule has 0 fully saturated rings. The number of carbonyl (C=O) groups is 1. The number of benzene rings is 1. The van der Waals surface area contributed by atoms with Crippen molar-refractivity contribution in [1.82, 2.24) is 10.0 Å². The molecule has 0 radical (unpaired) electrons. The van der Waals surface area contributed by atoms with E-state index in [9.17, 15) is 18.3 Å². The molecule has 0 aliphatic rings. The van der Waals surface area contributed by atoms with E-state index in [1.807, 2.05) is 0 Å². The van der Waals surface area contributed by atoms with Crippen molar-refractivity contribution in [3.05, 3.63) is 35.9 Å². The van der Waals surface area contributed by atoms with Crippen LogP contribution in [0.15, 0.2) is 30.3 Å². The molecule has 1 amide bonds. The fraction of sp³-hybridized carbons (Fsp3) is 0.562. The smallest absolute Gasteiger partial charge is 0.251 e. The van der Waals surface area contributed by atoms with Crippen LogP contribution >= 0.6 is 0 Å². The molecule has 0 spiro atoms. The van der Waals surface area contributed by atoms with Crippen molar-refractivity contribution in [2.45, 2.75) is 57.6 Å². The van der Waals surface area contributed by atoms with E-state index < -0.39 is 32.8 Å². The standard InChI is InChI=1S/C16H26N2O4S/c1-11(2)17-15(20)14(19)13(12-9-7-6-8-10-12)18-23(21,22)16(3,4)5/h6-11,13-14,18-19H,1-5H3,(H,17,20)/t13-,14+/m1/s1. The van der Waals surface area contributed by atoms with Crippen LogP contribution in [0.2, 0.25) is 0 Å². The van der Waals surface area contributed by atoms with Gasteiger partial charge in [-0.25, -0.2) is 13.1 Å². The van der Waals surface area contributed by atoms with E-state index in [1.165, 1.54) is 0 Å². The van der Waals surface area contributed by atoms with Crippen molar-refractivity contribution >= 4 is 15.9 Å². The summed E-state index contributed by atoms with van der Waals surface area (Å²) in [4.78, 5) is 12.1. The zero-order valence-corrected chi connectivity index (χ0v) is 15.0. The van der Waals surface area contributed by atoms with Gasteiger partial charge in [0.2, 0.25) is 10.0 Å². The van der Waals surface area contributed by atoms with Gasteiger partial charge in [-0.3, -0.25) is 4.79 Å². The Balaban J connectivity index is 3.17. The van der Waals surface area contributed by atoms with Crippen molar-refractivity contribution < 1.29 is 18.3 Å². The highest BCUT2D eigenvalue weighted by atomic mass is 32.2. The zero-order valence-electron chi connectivity index (χ0n) is 14.2. The second kappa shape index (κ2) is 7.42. The number of hydrogen-bond donors (Lipinski definition) is 3. The molecule has 2 atom stereocenters. The molecule has 3 N–H and O–H groups in total. The number of rotatable bonds is 6. The van der Waals surface area contributed by atoms with E-state index in [4.69, 9.17) is 0 Å². The molecule has 0 unspecified atom stereocenters. The number of aliphatic hydroxyl groups is 1. The van der Waals surface area contributed by atoms with E-state index in [-0.39, 0.29) is 6.04 Å². The minimum atomic E-state index is -3.74. The Morgan fingerprint density at radius 3 is 2.09 bits per heavy atom. The van der Waals surface area contributed by atoms with Crippen LogP contribution in [0.3, 0.4) is 0 Å². The Morgan fingerprint density at radius 2 is 1.65 bits per heavy atom. The number of carbonyl (C=O) groups excluding carboxylic acids is 1. The molecule has 6 nitrogen and oxygen atoms in total. The highest BCUT2D eigenvalue weighted by molar-refractivity contribution is 7.90. The van der Waals surface area contributed by atoms with E-state index in [1.54, 1.807) is 65.0 Å². The number of hydrogen-bond acceptors (Lipinski definition) is 4. The first-order valence-electron chi connectivity index (χ1n) is 7.51. The Hall–Kier alpha value is -1.44. The Bertz CT molecular complexity index is 621. The lowest BCUT2D eigenvalue weighted by molar-refractivity contribution is -0.131. The molecule has 0 heterocycles. The minimum Gasteiger partial charge on any atom is -0.381 e. The largest absolute Gasteiger partial charge is 0.381 e. The van der Waals surface area contributed by atoms with Crippen LogP contribution in [0.5, 0.6) is 0 Å². The third kappa shape index (κ3) is 5.30. The predicted octanol–water partition coefficient (Wildman–Crippen LogP) is 1.33. The van der Waals surface area contributed by atoms with Crippen molar-refractivity contribution in [2.75, 3.05) is 0 Å². The fourth-order valence-corrected chi connectivity index (χ4v) is 2.79. The Kier molecular flexibility index (Phi) is 6.33. The number of sulfonamides is 1. The van der Waals surface area contributed by atoms with Gasteiger partial charge in [-0.1, -0.05) is 30.3 Å². The van der Waals surface area contributed by atoms with Crippen molar-refractivity contribution in [3.8, 4) is 0 Å². The van der Waals surface area contributed by atoms with Crippen LogP contribution in [0.1, 0.15) is 46.2 Å². The predicted molar refractivity (Wildman–Crippen MR) is 90.3 cm³/mol. The van der Waals surface area contributed by atoms with Gasteiger partial charge in [0.05, 0.1) is 10.8 Å². The average Bonchev–Trinajstić information content (AvgIpc) is 2.43. The maximum absolute atomic E-state index is 12.4. The monoisotopic (exact) mass is 342 g/mol. The summed E-state index contributed by atoms with van der Waals surface area (Å²) in [6, 6.07) is 7.34. The topological polar surface area (TPSA) is 95.5 Å². The van der Waals surface area contributed by atoms with Gasteiger partial charge in [-0.15, -0.1) is 0 Å². The summed E-state index contributed by atoms with van der Waals surface area (Å²) in [7, 11) is -3.74. The first-order chi connectivity index (χ1) is 10.5. The molecular weight excluding hydrogens is 316 g/mol. The van der Waals surface area contributed by atoms with Gasteiger partial charge in [0, 0.05) is 6.04 Å². The fourth-order valence-electron chi connectivity index (χ4n) is 1.84. The zero-order chi connectivity index (χ0) is 17.8. The lowest BCUT2D eigenvalue weighted by Crippen LogP contribution is -2.50. The van der Waals surface area contributed by atoms with Crippen LogP contribution in [0, 0.1) is 0 Å². The van der Waals surface area contributed by atoms with Crippen LogP contribution in [-0.4, -0.2) is 36.3 Å². The first kappa shape index (κ1) is 19.6. The Labute approximate surface area is 138 Å². The third-order valence-electron chi connectivity index (χ3n) is 3.26. The summed E-state index contributed by atoms with van der Waals surface area (Å²) >= 11 is 0. The van der Waals surface area contributed by atoms with Crippen molar-refractivity contribution in [2.24, 2.45) is 0 Å². The lowest BCUT2D eigenvalue weighted by Gasteiger charge is -2.28. The van der Waals surface area contributed by atoms with Crippen LogP contribution in [0.4, 0.5) is 0 Å². The lowest BCUT2D eigenvalue weighted by atomic mass is 10.0. The van der Waals surface area contributed by atoms with Gasteiger partial charge >= 0.3 is 0 Å². The SMILES string of the molecule is CC(C)NC(=O)[C@@H](O)[C@H](NS(=O)(=O)C(C)(C)C)c1ccccc1. The van der Waals surface area contributed by atoms with Crippen molar-refractivity contribution in [1.29, 1.82) is 0 Å². The van der Waals surface area contributed by atoms with Gasteiger partial charge in [-0.2, -0.15) is 0 Å². The molecule has 0 saturated carbocycles. The average molecular weight is 342 g/mol.